The van der Waals surface area contributed by atoms with Gasteiger partial charge in [0.2, 0.25) is 0 Å². The van der Waals surface area contributed by atoms with E-state index in [0.29, 0.717) is 17.1 Å². The van der Waals surface area contributed by atoms with Gasteiger partial charge in [0, 0.05) is 9.99 Å². The Labute approximate surface area is 180 Å². The highest BCUT2D eigenvalue weighted by atomic mass is 127. The summed E-state index contributed by atoms with van der Waals surface area (Å²) in [5, 5.41) is 12.7. The van der Waals surface area contributed by atoms with Gasteiger partial charge < -0.3 is 10.4 Å². The minimum atomic E-state index is -0.918. The largest absolute Gasteiger partial charge is 0.390 e. The van der Waals surface area contributed by atoms with Gasteiger partial charge in [-0.1, -0.05) is 23.2 Å². The zero-order valence-corrected chi connectivity index (χ0v) is 18.2. The first-order valence-electron chi connectivity index (χ1n) is 7.93. The third kappa shape index (κ3) is 6.46. The van der Waals surface area contributed by atoms with Crippen LogP contribution in [0.3, 0.4) is 0 Å². The molecule has 0 saturated heterocycles. The summed E-state index contributed by atoms with van der Waals surface area (Å²) >= 11 is 14.4. The molecule has 0 fully saturated rings. The number of halogens is 4. The van der Waals surface area contributed by atoms with Crippen LogP contribution in [0.1, 0.15) is 30.6 Å². The van der Waals surface area contributed by atoms with E-state index in [1.54, 1.807) is 26.0 Å². The lowest BCUT2D eigenvalue weighted by atomic mass is 10.1. The van der Waals surface area contributed by atoms with Crippen LogP contribution in [-0.4, -0.2) is 23.2 Å². The van der Waals surface area contributed by atoms with Crippen molar-refractivity contribution in [2.75, 3.05) is 11.9 Å². The molecule has 1 amide bonds. The summed E-state index contributed by atoms with van der Waals surface area (Å²) in [6.45, 7) is 3.37. The van der Waals surface area contributed by atoms with E-state index >= 15 is 0 Å². The number of anilines is 2. The van der Waals surface area contributed by atoms with Gasteiger partial charge >= 0.3 is 0 Å². The fourth-order valence-corrected chi connectivity index (χ4v) is 3.18. The van der Waals surface area contributed by atoms with Gasteiger partial charge in [0.15, 0.2) is 0 Å². The van der Waals surface area contributed by atoms with Gasteiger partial charge in [0.05, 0.1) is 34.2 Å². The number of amides is 1. The second-order valence-electron chi connectivity index (χ2n) is 6.38. The average Bonchev–Trinajstić information content (AvgIpc) is 2.57. The van der Waals surface area contributed by atoms with E-state index in [9.17, 15) is 14.3 Å². The predicted octanol–water partition coefficient (Wildman–Crippen LogP) is 5.30. The minimum Gasteiger partial charge on any atom is -0.390 e. The number of hydroxylamine groups is 1. The van der Waals surface area contributed by atoms with Crippen molar-refractivity contribution in [3.63, 3.8) is 0 Å². The van der Waals surface area contributed by atoms with E-state index in [4.69, 9.17) is 28.0 Å². The smallest absolute Gasteiger partial charge is 0.277 e. The molecule has 0 unspecified atom stereocenters. The molecule has 0 aliphatic carbocycles. The molecule has 0 atom stereocenters. The molecule has 9 heteroatoms. The van der Waals surface area contributed by atoms with E-state index in [0.717, 1.165) is 9.64 Å². The lowest BCUT2D eigenvalue weighted by Gasteiger charge is -2.17. The van der Waals surface area contributed by atoms with Crippen LogP contribution < -0.4 is 10.8 Å². The van der Waals surface area contributed by atoms with Crippen molar-refractivity contribution in [2.45, 2.75) is 25.9 Å². The number of rotatable bonds is 7. The lowest BCUT2D eigenvalue weighted by Crippen LogP contribution is -2.28. The average molecular weight is 527 g/mol. The van der Waals surface area contributed by atoms with Crippen LogP contribution in [-0.2, 0) is 4.84 Å². The third-order valence-corrected chi connectivity index (χ3v) is 4.86. The standard InChI is InChI=1S/C18H18Cl2FIN2O3/c1-18(2,26)7-8-27-24-17(25)11-4-5-13(21)15(20)16(11)23-14-6-3-10(22)9-12(14)19/h3-6,9,23,26H,7-8H2,1-2H3,(H,24,25). The first kappa shape index (κ1) is 22.2. The maximum Gasteiger partial charge on any atom is 0.277 e. The molecule has 0 saturated carbocycles. The molecule has 2 aromatic carbocycles. The highest BCUT2D eigenvalue weighted by molar-refractivity contribution is 14.1. The fraction of sp³-hybridized carbons (Fsp3) is 0.278. The van der Waals surface area contributed by atoms with Crippen LogP contribution in [0.4, 0.5) is 15.8 Å². The highest BCUT2D eigenvalue weighted by Crippen LogP contribution is 2.34. The first-order valence-corrected chi connectivity index (χ1v) is 9.76. The summed E-state index contributed by atoms with van der Waals surface area (Å²) in [5.41, 5.74) is 1.97. The van der Waals surface area contributed by atoms with Gasteiger partial charge in [-0.05, 0) is 66.8 Å². The normalized spacial score (nSPS) is 11.4. The second kappa shape index (κ2) is 9.38. The van der Waals surface area contributed by atoms with E-state index in [-0.39, 0.29) is 22.9 Å². The Balaban J connectivity index is 2.21. The Kier molecular flexibility index (Phi) is 7.70. The van der Waals surface area contributed by atoms with Gasteiger partial charge in [-0.2, -0.15) is 0 Å². The topological polar surface area (TPSA) is 70.6 Å². The Hall–Kier alpha value is -1.13. The van der Waals surface area contributed by atoms with Crippen LogP contribution >= 0.6 is 45.8 Å². The zero-order chi connectivity index (χ0) is 20.2. The van der Waals surface area contributed by atoms with E-state index in [1.807, 2.05) is 6.07 Å². The third-order valence-electron chi connectivity index (χ3n) is 3.51. The van der Waals surface area contributed by atoms with E-state index < -0.39 is 17.3 Å². The predicted molar refractivity (Wildman–Crippen MR) is 113 cm³/mol. The molecule has 2 aromatic rings. The summed E-state index contributed by atoms with van der Waals surface area (Å²) in [7, 11) is 0. The molecule has 0 bridgehead atoms. The van der Waals surface area contributed by atoms with Crippen LogP contribution in [0, 0.1) is 9.39 Å². The monoisotopic (exact) mass is 526 g/mol. The quantitative estimate of drug-likeness (QED) is 0.260. The number of hydrogen-bond donors (Lipinski definition) is 3. The summed E-state index contributed by atoms with van der Waals surface area (Å²) in [5.74, 6) is -1.29. The molecule has 3 N–H and O–H groups in total. The maximum absolute atomic E-state index is 13.9. The summed E-state index contributed by atoms with van der Waals surface area (Å²) in [6.07, 6.45) is 0.320. The molecule has 0 spiro atoms. The van der Waals surface area contributed by atoms with Crippen molar-refractivity contribution in [3.05, 3.63) is 55.3 Å². The highest BCUT2D eigenvalue weighted by Gasteiger charge is 2.19. The van der Waals surface area contributed by atoms with Crippen molar-refractivity contribution < 1.29 is 19.1 Å². The fourth-order valence-electron chi connectivity index (χ4n) is 2.06. The Morgan fingerprint density at radius 2 is 2.00 bits per heavy atom. The van der Waals surface area contributed by atoms with Crippen molar-refractivity contribution in [2.24, 2.45) is 0 Å². The molecule has 2 rings (SSSR count). The summed E-state index contributed by atoms with van der Waals surface area (Å²) in [4.78, 5) is 17.5. The Morgan fingerprint density at radius 1 is 1.30 bits per heavy atom. The van der Waals surface area contributed by atoms with E-state index in [1.165, 1.54) is 6.07 Å². The number of carbonyl (C=O) groups excluding carboxylic acids is 1. The van der Waals surface area contributed by atoms with E-state index in [2.05, 4.69) is 33.4 Å². The van der Waals surface area contributed by atoms with Gasteiger partial charge in [-0.3, -0.25) is 9.63 Å². The first-order chi connectivity index (χ1) is 12.6. The molecule has 5 nitrogen and oxygen atoms in total. The lowest BCUT2D eigenvalue weighted by molar-refractivity contribution is -0.00569. The minimum absolute atomic E-state index is 0.0726. The number of benzene rings is 2. The van der Waals surface area contributed by atoms with Crippen LogP contribution in [0.2, 0.25) is 10.0 Å². The number of aliphatic hydroxyl groups is 1. The molecule has 0 aliphatic rings. The second-order valence-corrected chi connectivity index (χ2v) is 8.41. The molecule has 0 radical (unpaired) electrons. The zero-order valence-electron chi connectivity index (χ0n) is 14.6. The summed E-state index contributed by atoms with van der Waals surface area (Å²) < 4.78 is 14.9. The summed E-state index contributed by atoms with van der Waals surface area (Å²) in [6, 6.07) is 7.61. The van der Waals surface area contributed by atoms with Crippen LogP contribution in [0.5, 0.6) is 0 Å². The Bertz CT molecular complexity index is 844. The molecule has 146 valence electrons. The van der Waals surface area contributed by atoms with Crippen molar-refractivity contribution in [1.82, 2.24) is 5.48 Å². The molecule has 27 heavy (non-hydrogen) atoms. The number of carbonyl (C=O) groups is 1. The number of nitrogens with one attached hydrogen (secondary N) is 2. The van der Waals surface area contributed by atoms with Gasteiger partial charge in [-0.25, -0.2) is 9.87 Å². The molecule has 0 heterocycles. The number of hydrogen-bond acceptors (Lipinski definition) is 4. The van der Waals surface area contributed by atoms with Crippen LogP contribution in [0.15, 0.2) is 30.3 Å². The van der Waals surface area contributed by atoms with Crippen molar-refractivity contribution in [3.8, 4) is 0 Å². The van der Waals surface area contributed by atoms with Crippen molar-refractivity contribution >= 4 is 63.1 Å². The SMILES string of the molecule is CC(C)(O)CCONC(=O)c1ccc(F)c(Cl)c1Nc1ccc(I)cc1Cl. The Morgan fingerprint density at radius 3 is 2.63 bits per heavy atom. The van der Waals surface area contributed by atoms with Crippen LogP contribution in [0.25, 0.3) is 0 Å². The van der Waals surface area contributed by atoms with Crippen molar-refractivity contribution in [1.29, 1.82) is 0 Å². The van der Waals surface area contributed by atoms with Gasteiger partial charge in [0.1, 0.15) is 10.8 Å². The van der Waals surface area contributed by atoms with Gasteiger partial charge in [0.25, 0.3) is 5.91 Å². The molecular formula is C18H18Cl2FIN2O3. The molecule has 0 aliphatic heterocycles. The maximum atomic E-state index is 13.9. The van der Waals surface area contributed by atoms with Gasteiger partial charge in [-0.15, -0.1) is 0 Å². The molecular weight excluding hydrogens is 509 g/mol. The molecule has 0 aromatic heterocycles.